The van der Waals surface area contributed by atoms with Gasteiger partial charge in [-0.25, -0.2) is 0 Å². The predicted octanol–water partition coefficient (Wildman–Crippen LogP) is 8.55. The van der Waals surface area contributed by atoms with Crippen molar-refractivity contribution in [3.8, 4) is 0 Å². The molecule has 160 valence electrons. The van der Waals surface area contributed by atoms with Crippen molar-refractivity contribution >= 4 is 23.1 Å². The van der Waals surface area contributed by atoms with Crippen LogP contribution in [-0.2, 0) is 10.8 Å². The Morgan fingerprint density at radius 3 is 1.78 bits per heavy atom. The molecule has 0 fully saturated rings. The second-order valence-corrected chi connectivity index (χ2v) is 10.7. The summed E-state index contributed by atoms with van der Waals surface area (Å²) in [7, 11) is 0. The van der Waals surface area contributed by atoms with Gasteiger partial charge in [-0.2, -0.15) is 0 Å². The van der Waals surface area contributed by atoms with Crippen molar-refractivity contribution in [2.45, 2.75) is 48.3 Å². The summed E-state index contributed by atoms with van der Waals surface area (Å²) in [5, 5.41) is 3.83. The van der Waals surface area contributed by atoms with Crippen LogP contribution in [0.1, 0.15) is 49.9 Å². The monoisotopic (exact) mass is 435 g/mol. The minimum absolute atomic E-state index is 0.138. The molecule has 1 nitrogen and oxygen atoms in total. The van der Waals surface area contributed by atoms with E-state index in [1.54, 1.807) is 0 Å². The molecule has 0 aromatic heterocycles. The first-order valence-electron chi connectivity index (χ1n) is 11.2. The van der Waals surface area contributed by atoms with Gasteiger partial charge in [0.1, 0.15) is 0 Å². The second-order valence-electron chi connectivity index (χ2n) is 9.57. The van der Waals surface area contributed by atoms with E-state index >= 15 is 0 Å². The SMILES string of the molecule is CC(C)(c1ccccc1)c1ccc2c(c1C(C)(C)c1ccccc1)Nc1ccccc1S2. The zero-order valence-corrected chi connectivity index (χ0v) is 20.0. The van der Waals surface area contributed by atoms with Crippen LogP contribution < -0.4 is 5.32 Å². The molecule has 2 heteroatoms. The van der Waals surface area contributed by atoms with Crippen LogP contribution in [0, 0.1) is 0 Å². The molecule has 5 rings (SSSR count). The number of hydrogen-bond acceptors (Lipinski definition) is 2. The Bertz CT molecular complexity index is 1260. The first-order valence-corrected chi connectivity index (χ1v) is 12.0. The maximum Gasteiger partial charge on any atom is 0.0570 e. The standard InChI is InChI=1S/C30H29NS/c1-29(2,21-13-7-5-8-14-21)23-19-20-26-28(31-24-17-11-12-18-25(24)32-26)27(23)30(3,4)22-15-9-6-10-16-22/h5-20,31H,1-4H3. The lowest BCUT2D eigenvalue weighted by atomic mass is 9.68. The Hall–Kier alpha value is -2.97. The molecule has 0 saturated heterocycles. The number of rotatable bonds is 4. The van der Waals surface area contributed by atoms with Crippen molar-refractivity contribution in [3.63, 3.8) is 0 Å². The minimum Gasteiger partial charge on any atom is -0.353 e. The molecule has 0 saturated carbocycles. The lowest BCUT2D eigenvalue weighted by molar-refractivity contribution is 0.578. The average Bonchev–Trinajstić information content (AvgIpc) is 2.83. The first-order chi connectivity index (χ1) is 15.4. The molecule has 4 aromatic rings. The van der Waals surface area contributed by atoms with Crippen molar-refractivity contribution in [1.29, 1.82) is 0 Å². The van der Waals surface area contributed by atoms with Crippen LogP contribution in [0.4, 0.5) is 11.4 Å². The molecule has 1 heterocycles. The first kappa shape index (κ1) is 20.9. The fourth-order valence-corrected chi connectivity index (χ4v) is 5.89. The van der Waals surface area contributed by atoms with Gasteiger partial charge < -0.3 is 5.32 Å². The number of para-hydroxylation sites is 1. The minimum atomic E-state index is -0.173. The summed E-state index contributed by atoms with van der Waals surface area (Å²) in [5.41, 5.74) is 7.50. The normalized spacial score (nSPS) is 13.1. The molecular formula is C30H29NS. The molecule has 1 N–H and O–H groups in total. The van der Waals surface area contributed by atoms with E-state index in [0.29, 0.717) is 0 Å². The van der Waals surface area contributed by atoms with Gasteiger partial charge in [0.15, 0.2) is 0 Å². The maximum atomic E-state index is 3.83. The van der Waals surface area contributed by atoms with Crippen LogP contribution in [0.3, 0.4) is 0 Å². The van der Waals surface area contributed by atoms with Gasteiger partial charge in [-0.15, -0.1) is 0 Å². The Morgan fingerprint density at radius 1 is 0.562 bits per heavy atom. The summed E-state index contributed by atoms with van der Waals surface area (Å²) in [5.74, 6) is 0. The van der Waals surface area contributed by atoms with Crippen molar-refractivity contribution in [2.75, 3.05) is 5.32 Å². The molecule has 0 aliphatic carbocycles. The third-order valence-electron chi connectivity index (χ3n) is 6.82. The highest BCUT2D eigenvalue weighted by atomic mass is 32.2. The highest BCUT2D eigenvalue weighted by Crippen LogP contribution is 2.52. The van der Waals surface area contributed by atoms with Crippen LogP contribution in [0.5, 0.6) is 0 Å². The van der Waals surface area contributed by atoms with Crippen molar-refractivity contribution < 1.29 is 0 Å². The molecule has 0 atom stereocenters. The highest BCUT2D eigenvalue weighted by molar-refractivity contribution is 7.99. The van der Waals surface area contributed by atoms with Crippen LogP contribution >= 0.6 is 11.8 Å². The largest absolute Gasteiger partial charge is 0.353 e. The smallest absolute Gasteiger partial charge is 0.0570 e. The number of nitrogens with one attached hydrogen (secondary N) is 1. The Morgan fingerprint density at radius 2 is 1.12 bits per heavy atom. The molecule has 4 aromatic carbocycles. The lowest BCUT2D eigenvalue weighted by Gasteiger charge is -2.39. The van der Waals surface area contributed by atoms with E-state index in [4.69, 9.17) is 0 Å². The maximum absolute atomic E-state index is 3.83. The molecular weight excluding hydrogens is 406 g/mol. The number of anilines is 2. The van der Waals surface area contributed by atoms with E-state index in [0.717, 1.165) is 0 Å². The molecule has 0 unspecified atom stereocenters. The molecule has 0 spiro atoms. The summed E-state index contributed by atoms with van der Waals surface area (Å²) < 4.78 is 0. The molecule has 32 heavy (non-hydrogen) atoms. The molecule has 0 bridgehead atoms. The van der Waals surface area contributed by atoms with Gasteiger partial charge in [0.25, 0.3) is 0 Å². The van der Waals surface area contributed by atoms with Crippen LogP contribution in [0.25, 0.3) is 0 Å². The van der Waals surface area contributed by atoms with Gasteiger partial charge >= 0.3 is 0 Å². The van der Waals surface area contributed by atoms with Gasteiger partial charge in [-0.3, -0.25) is 0 Å². The van der Waals surface area contributed by atoms with E-state index in [1.165, 1.54) is 43.4 Å². The quantitative estimate of drug-likeness (QED) is 0.303. The van der Waals surface area contributed by atoms with Gasteiger partial charge in [-0.1, -0.05) is 118 Å². The topological polar surface area (TPSA) is 12.0 Å². The summed E-state index contributed by atoms with van der Waals surface area (Å²) in [6.45, 7) is 9.40. The third-order valence-corrected chi connectivity index (χ3v) is 7.96. The molecule has 0 radical (unpaired) electrons. The van der Waals surface area contributed by atoms with Crippen molar-refractivity contribution in [1.82, 2.24) is 0 Å². The number of benzene rings is 4. The summed E-state index contributed by atoms with van der Waals surface area (Å²) in [4.78, 5) is 2.56. The van der Waals surface area contributed by atoms with Gasteiger partial charge in [-0.05, 0) is 40.5 Å². The highest BCUT2D eigenvalue weighted by Gasteiger charge is 2.37. The third kappa shape index (κ3) is 3.43. The average molecular weight is 436 g/mol. The van der Waals surface area contributed by atoms with Gasteiger partial charge in [0.2, 0.25) is 0 Å². The fourth-order valence-electron chi connectivity index (χ4n) is 4.88. The Labute approximate surface area is 195 Å². The predicted molar refractivity (Wildman–Crippen MR) is 137 cm³/mol. The lowest BCUT2D eigenvalue weighted by Crippen LogP contribution is -2.29. The Balaban J connectivity index is 1.78. The molecule has 1 aliphatic rings. The molecule has 0 amide bonds. The van der Waals surface area contributed by atoms with Crippen molar-refractivity contribution in [2.24, 2.45) is 0 Å². The van der Waals surface area contributed by atoms with Crippen LogP contribution in [0.15, 0.2) is 107 Å². The van der Waals surface area contributed by atoms with E-state index in [2.05, 4.69) is 130 Å². The van der Waals surface area contributed by atoms with E-state index < -0.39 is 0 Å². The zero-order chi connectivity index (χ0) is 22.3. The summed E-state index contributed by atoms with van der Waals surface area (Å²) in [6, 6.07) is 35.0. The van der Waals surface area contributed by atoms with Gasteiger partial charge in [0, 0.05) is 20.6 Å². The number of hydrogen-bond donors (Lipinski definition) is 1. The fraction of sp³-hybridized carbons (Fsp3) is 0.200. The summed E-state index contributed by atoms with van der Waals surface area (Å²) >= 11 is 1.86. The van der Waals surface area contributed by atoms with Crippen LogP contribution in [-0.4, -0.2) is 0 Å². The van der Waals surface area contributed by atoms with Crippen molar-refractivity contribution in [3.05, 3.63) is 119 Å². The zero-order valence-electron chi connectivity index (χ0n) is 19.1. The van der Waals surface area contributed by atoms with E-state index in [9.17, 15) is 0 Å². The van der Waals surface area contributed by atoms with Crippen LogP contribution in [0.2, 0.25) is 0 Å². The Kier molecular flexibility index (Phi) is 5.14. The number of fused-ring (bicyclic) bond motifs is 2. The summed E-state index contributed by atoms with van der Waals surface area (Å²) in [6.07, 6.45) is 0. The van der Waals surface area contributed by atoms with E-state index in [-0.39, 0.29) is 10.8 Å². The van der Waals surface area contributed by atoms with Gasteiger partial charge in [0.05, 0.1) is 11.4 Å². The second kappa shape index (κ2) is 7.86. The molecule has 1 aliphatic heterocycles. The van der Waals surface area contributed by atoms with E-state index in [1.807, 2.05) is 11.8 Å².